The first-order valence-corrected chi connectivity index (χ1v) is 10.8. The molecule has 0 spiro atoms. The van der Waals surface area contributed by atoms with Crippen LogP contribution >= 0.6 is 0 Å². The predicted molar refractivity (Wildman–Crippen MR) is 125 cm³/mol. The number of benzene rings is 2. The molecule has 3 heteroatoms. The SMILES string of the molecule is Cc1cc[n+](C)c(-c2c(C)ccc3c2oc2c4c(ncc23)C(C)(C)c2ccccc2-4)c1. The van der Waals surface area contributed by atoms with E-state index >= 15 is 0 Å². The summed E-state index contributed by atoms with van der Waals surface area (Å²) < 4.78 is 8.92. The molecule has 3 nitrogen and oxygen atoms in total. The minimum Gasteiger partial charge on any atom is -0.454 e. The monoisotopic (exact) mass is 405 g/mol. The molecule has 1 aliphatic rings. The van der Waals surface area contributed by atoms with Crippen molar-refractivity contribution in [3.05, 3.63) is 83.3 Å². The number of nitrogens with zero attached hydrogens (tertiary/aromatic N) is 2. The topological polar surface area (TPSA) is 29.9 Å². The van der Waals surface area contributed by atoms with E-state index in [0.29, 0.717) is 0 Å². The molecule has 0 amide bonds. The van der Waals surface area contributed by atoms with Crippen molar-refractivity contribution in [2.75, 3.05) is 0 Å². The van der Waals surface area contributed by atoms with Crippen LogP contribution in [-0.4, -0.2) is 4.98 Å². The first kappa shape index (κ1) is 18.3. The molecule has 5 aromatic rings. The van der Waals surface area contributed by atoms with Gasteiger partial charge in [0.15, 0.2) is 6.20 Å². The van der Waals surface area contributed by atoms with E-state index in [1.54, 1.807) is 0 Å². The number of hydrogen-bond donors (Lipinski definition) is 0. The fraction of sp³-hybridized carbons (Fsp3) is 0.214. The maximum absolute atomic E-state index is 6.75. The quantitative estimate of drug-likeness (QED) is 0.302. The van der Waals surface area contributed by atoms with Gasteiger partial charge in [0, 0.05) is 40.1 Å². The van der Waals surface area contributed by atoms with E-state index in [1.165, 1.54) is 22.3 Å². The van der Waals surface area contributed by atoms with Crippen LogP contribution in [0.4, 0.5) is 0 Å². The van der Waals surface area contributed by atoms with Crippen LogP contribution in [0.25, 0.3) is 44.3 Å². The van der Waals surface area contributed by atoms with Gasteiger partial charge in [-0.3, -0.25) is 4.98 Å². The molecule has 152 valence electrons. The zero-order chi connectivity index (χ0) is 21.5. The van der Waals surface area contributed by atoms with Crippen molar-refractivity contribution in [3.63, 3.8) is 0 Å². The maximum atomic E-state index is 6.75. The molecule has 3 heterocycles. The first-order valence-electron chi connectivity index (χ1n) is 10.8. The predicted octanol–water partition coefficient (Wildman–Crippen LogP) is 6.40. The number of hydrogen-bond acceptors (Lipinski definition) is 2. The lowest BCUT2D eigenvalue weighted by molar-refractivity contribution is -0.660. The third-order valence-electron chi connectivity index (χ3n) is 6.91. The summed E-state index contributed by atoms with van der Waals surface area (Å²) in [6.45, 7) is 8.79. The van der Waals surface area contributed by atoms with E-state index in [2.05, 4.69) is 94.0 Å². The third-order valence-corrected chi connectivity index (χ3v) is 6.91. The van der Waals surface area contributed by atoms with Crippen LogP contribution in [-0.2, 0) is 12.5 Å². The largest absolute Gasteiger partial charge is 0.454 e. The molecule has 6 rings (SSSR count). The summed E-state index contributed by atoms with van der Waals surface area (Å²) in [6.07, 6.45) is 4.12. The number of rotatable bonds is 1. The normalized spacial score (nSPS) is 14.2. The molecule has 3 aromatic heterocycles. The average molecular weight is 406 g/mol. The Hall–Kier alpha value is -3.46. The highest BCUT2D eigenvalue weighted by Crippen LogP contribution is 2.51. The van der Waals surface area contributed by atoms with Gasteiger partial charge < -0.3 is 4.42 Å². The van der Waals surface area contributed by atoms with E-state index in [-0.39, 0.29) is 5.41 Å². The third kappa shape index (κ3) is 2.35. The minimum atomic E-state index is -0.138. The van der Waals surface area contributed by atoms with Gasteiger partial charge in [-0.25, -0.2) is 4.57 Å². The van der Waals surface area contributed by atoms with Crippen LogP contribution in [0.15, 0.2) is 65.3 Å². The van der Waals surface area contributed by atoms with E-state index < -0.39 is 0 Å². The van der Waals surface area contributed by atoms with Gasteiger partial charge in [-0.15, -0.1) is 0 Å². The number of aryl methyl sites for hydroxylation is 3. The maximum Gasteiger partial charge on any atom is 0.216 e. The number of fused-ring (bicyclic) bond motifs is 7. The Balaban J connectivity index is 1.76. The van der Waals surface area contributed by atoms with Crippen molar-refractivity contribution in [1.82, 2.24) is 4.98 Å². The summed E-state index contributed by atoms with van der Waals surface area (Å²) in [7, 11) is 2.09. The standard InChI is InChI=1S/C28H25N2O/c1-16-12-13-30(5)22(14-16)23-17(2)10-11-18-20-15-29-27-24(26(20)31-25(18)23)19-8-6-7-9-21(19)28(27,3)4/h6-15H,1-5H3/q+1. The van der Waals surface area contributed by atoms with Gasteiger partial charge in [0.05, 0.1) is 11.3 Å². The van der Waals surface area contributed by atoms with Gasteiger partial charge in [0.25, 0.3) is 0 Å². The molecule has 0 saturated carbocycles. The summed E-state index contributed by atoms with van der Waals surface area (Å²) >= 11 is 0. The molecule has 0 aliphatic heterocycles. The fourth-order valence-electron chi connectivity index (χ4n) is 5.23. The van der Waals surface area contributed by atoms with Gasteiger partial charge in [0.2, 0.25) is 5.69 Å². The van der Waals surface area contributed by atoms with Crippen LogP contribution in [0.3, 0.4) is 0 Å². The van der Waals surface area contributed by atoms with Crippen LogP contribution in [0.5, 0.6) is 0 Å². The molecule has 0 N–H and O–H groups in total. The van der Waals surface area contributed by atoms with Crippen molar-refractivity contribution in [1.29, 1.82) is 0 Å². The lowest BCUT2D eigenvalue weighted by Gasteiger charge is -2.19. The Morgan fingerprint density at radius 2 is 1.68 bits per heavy atom. The van der Waals surface area contributed by atoms with E-state index in [1.807, 2.05) is 6.20 Å². The summed E-state index contributed by atoms with van der Waals surface area (Å²) in [5.74, 6) is 0. The summed E-state index contributed by atoms with van der Waals surface area (Å²) in [5, 5.41) is 2.20. The molecule has 2 aromatic carbocycles. The second kappa shape index (κ2) is 6.04. The van der Waals surface area contributed by atoms with Crippen LogP contribution in [0, 0.1) is 13.8 Å². The number of pyridine rings is 2. The van der Waals surface area contributed by atoms with Crippen molar-refractivity contribution in [3.8, 4) is 22.4 Å². The van der Waals surface area contributed by atoms with Crippen molar-refractivity contribution < 1.29 is 8.98 Å². The molecule has 31 heavy (non-hydrogen) atoms. The summed E-state index contributed by atoms with van der Waals surface area (Å²) in [4.78, 5) is 4.97. The lowest BCUT2D eigenvalue weighted by atomic mass is 9.85. The molecule has 0 fully saturated rings. The fourth-order valence-corrected chi connectivity index (χ4v) is 5.23. The zero-order valence-electron chi connectivity index (χ0n) is 18.6. The van der Waals surface area contributed by atoms with E-state index in [9.17, 15) is 0 Å². The highest BCUT2D eigenvalue weighted by molar-refractivity contribution is 6.14. The van der Waals surface area contributed by atoms with Gasteiger partial charge >= 0.3 is 0 Å². The molecule has 0 bridgehead atoms. The molecule has 0 radical (unpaired) electrons. The Morgan fingerprint density at radius 3 is 2.52 bits per heavy atom. The molecule has 0 atom stereocenters. The Morgan fingerprint density at radius 1 is 0.903 bits per heavy atom. The van der Waals surface area contributed by atoms with Crippen LogP contribution in [0.1, 0.15) is 36.2 Å². The van der Waals surface area contributed by atoms with Gasteiger partial charge in [-0.1, -0.05) is 50.2 Å². The summed E-state index contributed by atoms with van der Waals surface area (Å²) in [6, 6.07) is 17.4. The van der Waals surface area contributed by atoms with Crippen molar-refractivity contribution >= 4 is 21.9 Å². The van der Waals surface area contributed by atoms with Crippen molar-refractivity contribution in [2.45, 2.75) is 33.1 Å². The number of furan rings is 1. The van der Waals surface area contributed by atoms with Gasteiger partial charge in [-0.2, -0.15) is 0 Å². The second-order valence-electron chi connectivity index (χ2n) is 9.33. The number of aromatic nitrogens is 2. The molecule has 1 aliphatic carbocycles. The molecular formula is C28H25N2O+. The molecular weight excluding hydrogens is 380 g/mol. The van der Waals surface area contributed by atoms with Gasteiger partial charge in [0.1, 0.15) is 18.2 Å². The average Bonchev–Trinajstić information content (AvgIpc) is 3.23. The second-order valence-corrected chi connectivity index (χ2v) is 9.33. The molecule has 0 saturated heterocycles. The minimum absolute atomic E-state index is 0.138. The summed E-state index contributed by atoms with van der Waals surface area (Å²) in [5.41, 5.74) is 11.3. The van der Waals surface area contributed by atoms with Crippen LogP contribution in [0.2, 0.25) is 0 Å². The lowest BCUT2D eigenvalue weighted by Crippen LogP contribution is -2.30. The zero-order valence-corrected chi connectivity index (χ0v) is 18.6. The Labute approximate surface area is 182 Å². The smallest absolute Gasteiger partial charge is 0.216 e. The van der Waals surface area contributed by atoms with Crippen molar-refractivity contribution in [2.24, 2.45) is 7.05 Å². The highest BCUT2D eigenvalue weighted by Gasteiger charge is 2.39. The van der Waals surface area contributed by atoms with E-state index in [4.69, 9.17) is 9.40 Å². The van der Waals surface area contributed by atoms with E-state index in [0.717, 1.165) is 44.5 Å². The Bertz CT molecular complexity index is 1540. The Kier molecular flexibility index (Phi) is 3.57. The van der Waals surface area contributed by atoms with Crippen LogP contribution < -0.4 is 4.57 Å². The molecule has 0 unspecified atom stereocenters. The van der Waals surface area contributed by atoms with Gasteiger partial charge in [-0.05, 0) is 36.1 Å². The first-order chi connectivity index (χ1) is 14.9. The highest BCUT2D eigenvalue weighted by atomic mass is 16.3.